The Kier molecular flexibility index (Phi) is 4.46. The highest BCUT2D eigenvalue weighted by Gasteiger charge is 2.14. The quantitative estimate of drug-likeness (QED) is 0.810. The summed E-state index contributed by atoms with van der Waals surface area (Å²) in [6.45, 7) is 2.03. The van der Waals surface area contributed by atoms with E-state index < -0.39 is 0 Å². The molecule has 0 radical (unpaired) electrons. The van der Waals surface area contributed by atoms with E-state index in [1.54, 1.807) is 18.3 Å². The molecule has 1 fully saturated rings. The molecule has 1 aromatic heterocycles. The maximum atomic E-state index is 11.6. The average Bonchev–Trinajstić information content (AvgIpc) is 2.39. The number of ether oxygens (including phenoxy) is 1. The van der Waals surface area contributed by atoms with E-state index in [4.69, 9.17) is 4.74 Å². The SMILES string of the molecule is O=C(COC1CCNCC1)Nc1ccccn1. The van der Waals surface area contributed by atoms with E-state index in [-0.39, 0.29) is 18.6 Å². The van der Waals surface area contributed by atoms with Gasteiger partial charge in [0.15, 0.2) is 0 Å². The third-order valence-electron chi connectivity index (χ3n) is 2.67. The van der Waals surface area contributed by atoms with Gasteiger partial charge in [-0.25, -0.2) is 4.98 Å². The van der Waals surface area contributed by atoms with Crippen LogP contribution >= 0.6 is 0 Å². The molecule has 1 aromatic rings. The van der Waals surface area contributed by atoms with Crippen molar-refractivity contribution in [3.8, 4) is 0 Å². The summed E-state index contributed by atoms with van der Waals surface area (Å²) in [7, 11) is 0. The molecule has 0 atom stereocenters. The van der Waals surface area contributed by atoms with Crippen molar-refractivity contribution in [2.75, 3.05) is 25.0 Å². The van der Waals surface area contributed by atoms with Crippen LogP contribution in [0, 0.1) is 0 Å². The van der Waals surface area contributed by atoms with Gasteiger partial charge >= 0.3 is 0 Å². The smallest absolute Gasteiger partial charge is 0.251 e. The van der Waals surface area contributed by atoms with Crippen LogP contribution in [-0.4, -0.2) is 36.7 Å². The maximum absolute atomic E-state index is 11.6. The lowest BCUT2D eigenvalue weighted by Crippen LogP contribution is -2.34. The van der Waals surface area contributed by atoms with Crippen molar-refractivity contribution < 1.29 is 9.53 Å². The largest absolute Gasteiger partial charge is 0.368 e. The Labute approximate surface area is 101 Å². The molecule has 0 aliphatic carbocycles. The Hall–Kier alpha value is -1.46. The predicted molar refractivity (Wildman–Crippen MR) is 64.7 cm³/mol. The van der Waals surface area contributed by atoms with E-state index in [1.165, 1.54) is 0 Å². The van der Waals surface area contributed by atoms with Crippen LogP contribution < -0.4 is 10.6 Å². The summed E-state index contributed by atoms with van der Waals surface area (Å²) in [6.07, 6.45) is 3.78. The molecule has 0 unspecified atom stereocenters. The highest BCUT2D eigenvalue weighted by atomic mass is 16.5. The summed E-state index contributed by atoms with van der Waals surface area (Å²) in [4.78, 5) is 15.6. The van der Waals surface area contributed by atoms with Crippen LogP contribution in [-0.2, 0) is 9.53 Å². The first-order valence-electron chi connectivity index (χ1n) is 5.88. The molecule has 1 saturated heterocycles. The minimum Gasteiger partial charge on any atom is -0.368 e. The van der Waals surface area contributed by atoms with Crippen LogP contribution in [0.4, 0.5) is 5.82 Å². The van der Waals surface area contributed by atoms with E-state index in [1.807, 2.05) is 6.07 Å². The Morgan fingerprint density at radius 2 is 2.29 bits per heavy atom. The molecule has 1 aliphatic heterocycles. The van der Waals surface area contributed by atoms with Crippen LogP contribution in [0.3, 0.4) is 0 Å². The van der Waals surface area contributed by atoms with Gasteiger partial charge in [0.1, 0.15) is 12.4 Å². The first-order chi connectivity index (χ1) is 8.34. The Morgan fingerprint density at radius 3 is 3.00 bits per heavy atom. The van der Waals surface area contributed by atoms with Gasteiger partial charge in [-0.3, -0.25) is 4.79 Å². The van der Waals surface area contributed by atoms with Gasteiger partial charge in [-0.2, -0.15) is 0 Å². The van der Waals surface area contributed by atoms with Gasteiger partial charge in [0.05, 0.1) is 6.10 Å². The molecular weight excluding hydrogens is 218 g/mol. The number of anilines is 1. The zero-order valence-corrected chi connectivity index (χ0v) is 9.69. The van der Waals surface area contributed by atoms with Crippen molar-refractivity contribution in [2.24, 2.45) is 0 Å². The molecule has 0 bridgehead atoms. The third kappa shape index (κ3) is 4.13. The summed E-state index contributed by atoms with van der Waals surface area (Å²) in [6, 6.07) is 5.39. The minimum atomic E-state index is -0.151. The Morgan fingerprint density at radius 1 is 1.47 bits per heavy atom. The van der Waals surface area contributed by atoms with E-state index in [9.17, 15) is 4.79 Å². The van der Waals surface area contributed by atoms with Gasteiger partial charge in [-0.15, -0.1) is 0 Å². The molecule has 0 aromatic carbocycles. The fraction of sp³-hybridized carbons (Fsp3) is 0.500. The number of carbonyl (C=O) groups is 1. The van der Waals surface area contributed by atoms with Crippen molar-refractivity contribution in [3.63, 3.8) is 0 Å². The molecule has 5 nitrogen and oxygen atoms in total. The molecular formula is C12H17N3O2. The molecule has 2 N–H and O–H groups in total. The Balaban J connectivity index is 1.70. The number of rotatable bonds is 4. The van der Waals surface area contributed by atoms with E-state index in [2.05, 4.69) is 15.6 Å². The highest BCUT2D eigenvalue weighted by Crippen LogP contribution is 2.07. The standard InChI is InChI=1S/C12H17N3O2/c16-12(15-11-3-1-2-6-14-11)9-17-10-4-7-13-8-5-10/h1-3,6,10,13H,4-5,7-9H2,(H,14,15,16). The predicted octanol–water partition coefficient (Wildman–Crippen LogP) is 0.789. The zero-order chi connectivity index (χ0) is 11.9. The van der Waals surface area contributed by atoms with E-state index in [0.29, 0.717) is 5.82 Å². The number of hydrogen-bond donors (Lipinski definition) is 2. The van der Waals surface area contributed by atoms with Gasteiger partial charge < -0.3 is 15.4 Å². The molecule has 1 amide bonds. The first-order valence-corrected chi connectivity index (χ1v) is 5.88. The van der Waals surface area contributed by atoms with Gasteiger partial charge in [-0.1, -0.05) is 6.07 Å². The number of nitrogens with zero attached hydrogens (tertiary/aromatic N) is 1. The van der Waals surface area contributed by atoms with Crippen LogP contribution in [0.15, 0.2) is 24.4 Å². The monoisotopic (exact) mass is 235 g/mol. The summed E-state index contributed by atoms with van der Waals surface area (Å²) in [5.74, 6) is 0.411. The second-order valence-corrected chi connectivity index (χ2v) is 4.02. The highest BCUT2D eigenvalue weighted by molar-refractivity contribution is 5.90. The molecule has 2 rings (SSSR count). The molecule has 17 heavy (non-hydrogen) atoms. The summed E-state index contributed by atoms with van der Waals surface area (Å²) >= 11 is 0. The first kappa shape index (κ1) is 12.0. The molecule has 1 aliphatic rings. The lowest BCUT2D eigenvalue weighted by Gasteiger charge is -2.22. The number of piperidine rings is 1. The number of hydrogen-bond acceptors (Lipinski definition) is 4. The third-order valence-corrected chi connectivity index (χ3v) is 2.67. The van der Waals surface area contributed by atoms with Crippen LogP contribution in [0.2, 0.25) is 0 Å². The Bertz CT molecular complexity index is 350. The van der Waals surface area contributed by atoms with Crippen molar-refractivity contribution in [1.82, 2.24) is 10.3 Å². The lowest BCUT2D eigenvalue weighted by atomic mass is 10.1. The molecule has 2 heterocycles. The van der Waals surface area contributed by atoms with Gasteiger partial charge in [0.2, 0.25) is 0 Å². The summed E-state index contributed by atoms with van der Waals surface area (Å²) < 4.78 is 5.54. The van der Waals surface area contributed by atoms with E-state index in [0.717, 1.165) is 25.9 Å². The second kappa shape index (κ2) is 6.32. The molecule has 0 saturated carbocycles. The van der Waals surface area contributed by atoms with Gasteiger partial charge in [-0.05, 0) is 38.1 Å². The zero-order valence-electron chi connectivity index (χ0n) is 9.69. The average molecular weight is 235 g/mol. The molecule has 5 heteroatoms. The second-order valence-electron chi connectivity index (χ2n) is 4.02. The van der Waals surface area contributed by atoms with E-state index >= 15 is 0 Å². The summed E-state index contributed by atoms with van der Waals surface area (Å²) in [5, 5.41) is 5.94. The van der Waals surface area contributed by atoms with Crippen LogP contribution in [0.5, 0.6) is 0 Å². The fourth-order valence-corrected chi connectivity index (χ4v) is 1.77. The van der Waals surface area contributed by atoms with Crippen LogP contribution in [0.1, 0.15) is 12.8 Å². The fourth-order valence-electron chi connectivity index (χ4n) is 1.77. The maximum Gasteiger partial charge on any atom is 0.251 e. The summed E-state index contributed by atoms with van der Waals surface area (Å²) in [5.41, 5.74) is 0. The van der Waals surface area contributed by atoms with Crippen molar-refractivity contribution in [1.29, 1.82) is 0 Å². The number of carbonyl (C=O) groups excluding carboxylic acids is 1. The van der Waals surface area contributed by atoms with Crippen molar-refractivity contribution >= 4 is 11.7 Å². The lowest BCUT2D eigenvalue weighted by molar-refractivity contribution is -0.123. The normalized spacial score (nSPS) is 16.7. The van der Waals surface area contributed by atoms with Crippen molar-refractivity contribution in [2.45, 2.75) is 18.9 Å². The molecule has 92 valence electrons. The number of aromatic nitrogens is 1. The van der Waals surface area contributed by atoms with Crippen molar-refractivity contribution in [3.05, 3.63) is 24.4 Å². The molecule has 0 spiro atoms. The topological polar surface area (TPSA) is 63.2 Å². The number of nitrogens with one attached hydrogen (secondary N) is 2. The number of pyridine rings is 1. The van der Waals surface area contributed by atoms with Crippen LogP contribution in [0.25, 0.3) is 0 Å². The minimum absolute atomic E-state index is 0.0985. The van der Waals surface area contributed by atoms with Gasteiger partial charge in [0.25, 0.3) is 5.91 Å². The number of amides is 1. The van der Waals surface area contributed by atoms with Gasteiger partial charge in [0, 0.05) is 6.20 Å².